The molecule has 2 rings (SSSR count). The summed E-state index contributed by atoms with van der Waals surface area (Å²) in [6, 6.07) is 7.61. The lowest BCUT2D eigenvalue weighted by Crippen LogP contribution is -2.12. The first-order valence-electron chi connectivity index (χ1n) is 6.46. The van der Waals surface area contributed by atoms with E-state index in [9.17, 15) is 0 Å². The first kappa shape index (κ1) is 15.3. The SMILES string of the molecule is COc1ccc(CSc2nc(C)cc(C)n2)cc1C(=N)N. The van der Waals surface area contributed by atoms with Gasteiger partial charge in [-0.25, -0.2) is 9.97 Å². The third-order valence-corrected chi connectivity index (χ3v) is 3.80. The van der Waals surface area contributed by atoms with Gasteiger partial charge in [0.25, 0.3) is 0 Å². The quantitative estimate of drug-likeness (QED) is 0.384. The number of hydrogen-bond acceptors (Lipinski definition) is 5. The predicted molar refractivity (Wildman–Crippen MR) is 85.1 cm³/mol. The van der Waals surface area contributed by atoms with Crippen LogP contribution in [0, 0.1) is 19.3 Å². The molecule has 1 heterocycles. The molecule has 3 N–H and O–H groups in total. The molecule has 0 aliphatic heterocycles. The molecule has 0 bridgehead atoms. The van der Waals surface area contributed by atoms with Crippen LogP contribution in [-0.2, 0) is 5.75 Å². The fourth-order valence-electron chi connectivity index (χ4n) is 1.96. The molecule has 1 aromatic carbocycles. The molecule has 0 unspecified atom stereocenters. The summed E-state index contributed by atoms with van der Waals surface area (Å²) in [5.74, 6) is 1.33. The van der Waals surface area contributed by atoms with Crippen molar-refractivity contribution in [1.82, 2.24) is 9.97 Å². The van der Waals surface area contributed by atoms with Crippen molar-refractivity contribution >= 4 is 17.6 Å². The number of benzene rings is 1. The Bertz CT molecular complexity index is 652. The fraction of sp³-hybridized carbons (Fsp3) is 0.267. The number of hydrogen-bond donors (Lipinski definition) is 2. The van der Waals surface area contributed by atoms with Crippen molar-refractivity contribution in [3.63, 3.8) is 0 Å². The number of methoxy groups -OCH3 is 1. The van der Waals surface area contributed by atoms with Crippen LogP contribution in [0.2, 0.25) is 0 Å². The second kappa shape index (κ2) is 6.58. The lowest BCUT2D eigenvalue weighted by Gasteiger charge is -2.09. The fourth-order valence-corrected chi connectivity index (χ4v) is 2.85. The van der Waals surface area contributed by atoms with E-state index in [-0.39, 0.29) is 5.84 Å². The van der Waals surface area contributed by atoms with Gasteiger partial charge in [0.05, 0.1) is 12.7 Å². The second-order valence-electron chi connectivity index (χ2n) is 4.67. The Balaban J connectivity index is 2.16. The molecule has 0 radical (unpaired) electrons. The number of rotatable bonds is 5. The highest BCUT2D eigenvalue weighted by Crippen LogP contribution is 2.24. The van der Waals surface area contributed by atoms with Gasteiger partial charge in [-0.1, -0.05) is 17.8 Å². The smallest absolute Gasteiger partial charge is 0.188 e. The van der Waals surface area contributed by atoms with E-state index in [0.717, 1.165) is 22.1 Å². The van der Waals surface area contributed by atoms with Crippen molar-refractivity contribution in [2.24, 2.45) is 5.73 Å². The Morgan fingerprint density at radius 2 is 1.90 bits per heavy atom. The van der Waals surface area contributed by atoms with Crippen LogP contribution in [0.3, 0.4) is 0 Å². The number of aryl methyl sites for hydroxylation is 2. The molecule has 0 atom stereocenters. The van der Waals surface area contributed by atoms with Crippen molar-refractivity contribution in [2.45, 2.75) is 24.8 Å². The number of nitrogens with zero attached hydrogens (tertiary/aromatic N) is 2. The molecule has 5 nitrogen and oxygen atoms in total. The highest BCUT2D eigenvalue weighted by molar-refractivity contribution is 7.98. The molecule has 21 heavy (non-hydrogen) atoms. The highest BCUT2D eigenvalue weighted by atomic mass is 32.2. The second-order valence-corrected chi connectivity index (χ2v) is 5.61. The van der Waals surface area contributed by atoms with Crippen LogP contribution >= 0.6 is 11.8 Å². The van der Waals surface area contributed by atoms with E-state index in [0.29, 0.717) is 17.1 Å². The average molecular weight is 302 g/mol. The predicted octanol–water partition coefficient (Wildman–Crippen LogP) is 2.68. The number of ether oxygens (including phenoxy) is 1. The summed E-state index contributed by atoms with van der Waals surface area (Å²) in [4.78, 5) is 8.80. The van der Waals surface area contributed by atoms with Crippen molar-refractivity contribution in [3.05, 3.63) is 46.8 Å². The highest BCUT2D eigenvalue weighted by Gasteiger charge is 2.08. The molecule has 0 aliphatic carbocycles. The average Bonchev–Trinajstić information content (AvgIpc) is 2.43. The van der Waals surface area contributed by atoms with Gasteiger partial charge < -0.3 is 10.5 Å². The monoisotopic (exact) mass is 302 g/mol. The van der Waals surface area contributed by atoms with Gasteiger partial charge in [-0.15, -0.1) is 0 Å². The minimum atomic E-state index is 0.00125. The molecule has 6 heteroatoms. The zero-order valence-corrected chi connectivity index (χ0v) is 13.1. The van der Waals surface area contributed by atoms with Crippen LogP contribution in [0.4, 0.5) is 0 Å². The summed E-state index contributed by atoms with van der Waals surface area (Å²) in [6.07, 6.45) is 0. The summed E-state index contributed by atoms with van der Waals surface area (Å²) in [7, 11) is 1.57. The lowest BCUT2D eigenvalue weighted by molar-refractivity contribution is 0.413. The summed E-state index contributed by atoms with van der Waals surface area (Å²) in [5.41, 5.74) is 9.16. The standard InChI is InChI=1S/C15H18N4OS/c1-9-6-10(2)19-15(18-9)21-8-11-4-5-13(20-3)12(7-11)14(16)17/h4-7H,8H2,1-3H3,(H3,16,17). The topological polar surface area (TPSA) is 84.9 Å². The summed E-state index contributed by atoms with van der Waals surface area (Å²) >= 11 is 1.56. The van der Waals surface area contributed by atoms with Crippen molar-refractivity contribution in [3.8, 4) is 5.75 Å². The third kappa shape index (κ3) is 3.95. The Morgan fingerprint density at radius 3 is 2.48 bits per heavy atom. The van der Waals surface area contributed by atoms with Crippen LogP contribution < -0.4 is 10.5 Å². The molecule has 0 amide bonds. The van der Waals surface area contributed by atoms with Crippen molar-refractivity contribution < 1.29 is 4.74 Å². The van der Waals surface area contributed by atoms with Crippen molar-refractivity contribution in [2.75, 3.05) is 7.11 Å². The van der Waals surface area contributed by atoms with E-state index in [1.165, 1.54) is 0 Å². The van der Waals surface area contributed by atoms with Gasteiger partial charge in [-0.3, -0.25) is 5.41 Å². The Kier molecular flexibility index (Phi) is 4.80. The molecule has 0 saturated carbocycles. The first-order valence-corrected chi connectivity index (χ1v) is 7.44. The van der Waals surface area contributed by atoms with Crippen LogP contribution in [0.1, 0.15) is 22.5 Å². The lowest BCUT2D eigenvalue weighted by atomic mass is 10.1. The van der Waals surface area contributed by atoms with Crippen LogP contribution in [0.15, 0.2) is 29.4 Å². The molecule has 0 saturated heterocycles. The van der Waals surface area contributed by atoms with Crippen LogP contribution in [0.25, 0.3) is 0 Å². The van der Waals surface area contributed by atoms with Gasteiger partial charge in [-0.2, -0.15) is 0 Å². The number of thioether (sulfide) groups is 1. The van der Waals surface area contributed by atoms with Gasteiger partial charge >= 0.3 is 0 Å². The minimum Gasteiger partial charge on any atom is -0.496 e. The summed E-state index contributed by atoms with van der Waals surface area (Å²) < 4.78 is 5.20. The van der Waals surface area contributed by atoms with Gasteiger partial charge in [0.15, 0.2) is 5.16 Å². The van der Waals surface area contributed by atoms with Crippen molar-refractivity contribution in [1.29, 1.82) is 5.41 Å². The maximum absolute atomic E-state index is 7.60. The summed E-state index contributed by atoms with van der Waals surface area (Å²) in [6.45, 7) is 3.92. The van der Waals surface area contributed by atoms with Gasteiger partial charge in [0.2, 0.25) is 0 Å². The Morgan fingerprint density at radius 1 is 1.24 bits per heavy atom. The van der Waals surface area contributed by atoms with E-state index in [2.05, 4.69) is 9.97 Å². The van der Waals surface area contributed by atoms with Gasteiger partial charge in [0.1, 0.15) is 11.6 Å². The molecule has 110 valence electrons. The van der Waals surface area contributed by atoms with E-state index in [1.54, 1.807) is 18.9 Å². The van der Waals surface area contributed by atoms with Crippen LogP contribution in [-0.4, -0.2) is 22.9 Å². The normalized spacial score (nSPS) is 10.4. The summed E-state index contributed by atoms with van der Waals surface area (Å²) in [5, 5.41) is 8.35. The Labute approximate surface area is 128 Å². The van der Waals surface area contributed by atoms with Gasteiger partial charge in [-0.05, 0) is 37.6 Å². The zero-order chi connectivity index (χ0) is 15.4. The molecule has 0 spiro atoms. The number of amidine groups is 1. The van der Waals surface area contributed by atoms with E-state index in [1.807, 2.05) is 38.1 Å². The zero-order valence-electron chi connectivity index (χ0n) is 12.3. The van der Waals surface area contributed by atoms with E-state index in [4.69, 9.17) is 15.9 Å². The number of nitrogens with two attached hydrogens (primary N) is 1. The van der Waals surface area contributed by atoms with E-state index >= 15 is 0 Å². The minimum absolute atomic E-state index is 0.00125. The largest absolute Gasteiger partial charge is 0.496 e. The molecular formula is C15H18N4OS. The third-order valence-electron chi connectivity index (χ3n) is 2.88. The number of nitrogen functional groups attached to an aromatic ring is 1. The molecule has 2 aromatic rings. The molecule has 1 aromatic heterocycles. The molecule has 0 fully saturated rings. The number of nitrogens with one attached hydrogen (secondary N) is 1. The number of aromatic nitrogens is 2. The van der Waals surface area contributed by atoms with Gasteiger partial charge in [0, 0.05) is 17.1 Å². The molecule has 0 aliphatic rings. The maximum atomic E-state index is 7.60. The van der Waals surface area contributed by atoms with Crippen LogP contribution in [0.5, 0.6) is 5.75 Å². The van der Waals surface area contributed by atoms with E-state index < -0.39 is 0 Å². The first-order chi connectivity index (χ1) is 9.99. The maximum Gasteiger partial charge on any atom is 0.188 e. The Hall–Kier alpha value is -2.08. The molecular weight excluding hydrogens is 284 g/mol.